The van der Waals surface area contributed by atoms with Crippen LogP contribution in [0.5, 0.6) is 0 Å². The lowest BCUT2D eigenvalue weighted by atomic mass is 9.86. The number of rotatable bonds is 2. The number of sulfonamides is 1. The van der Waals surface area contributed by atoms with Gasteiger partial charge in [-0.05, 0) is 23.1 Å². The number of aliphatic hydroxyl groups excluding tert-OH is 1. The Morgan fingerprint density at radius 1 is 1.00 bits per heavy atom. The Morgan fingerprint density at radius 3 is 2.15 bits per heavy atom. The van der Waals surface area contributed by atoms with Crippen molar-refractivity contribution in [1.29, 1.82) is 0 Å². The lowest BCUT2D eigenvalue weighted by molar-refractivity contribution is 0.101. The van der Waals surface area contributed by atoms with E-state index < -0.39 is 15.8 Å². The summed E-state index contributed by atoms with van der Waals surface area (Å²) in [6, 6.07) is 13.1. The van der Waals surface area contributed by atoms with E-state index in [4.69, 9.17) is 0 Å². The number of carbonyl (C=O) groups is 1. The standard InChI is InChI=1S/C20H21NO4S/c1-20(2,3)14-11-9-13(10-12-14)18(22)17-19(23)15-7-5-6-8-16(15)26(24,25)21(17)4/h5-12,23H,1-4H3. The lowest BCUT2D eigenvalue weighted by Gasteiger charge is -2.28. The Bertz CT molecular complexity index is 1010. The number of nitrogens with zero attached hydrogens (tertiary/aromatic N) is 1. The van der Waals surface area contributed by atoms with Crippen LogP contribution >= 0.6 is 0 Å². The Labute approximate surface area is 153 Å². The zero-order valence-electron chi connectivity index (χ0n) is 15.1. The molecular weight excluding hydrogens is 350 g/mol. The minimum absolute atomic E-state index is 0.0142. The second kappa shape index (κ2) is 5.99. The van der Waals surface area contributed by atoms with Gasteiger partial charge in [-0.2, -0.15) is 0 Å². The van der Waals surface area contributed by atoms with E-state index in [-0.39, 0.29) is 27.3 Å². The summed E-state index contributed by atoms with van der Waals surface area (Å²) in [4.78, 5) is 12.9. The molecule has 0 amide bonds. The molecule has 0 aromatic heterocycles. The van der Waals surface area contributed by atoms with Crippen molar-refractivity contribution in [3.8, 4) is 0 Å². The molecule has 0 unspecified atom stereocenters. The van der Waals surface area contributed by atoms with E-state index in [0.717, 1.165) is 9.87 Å². The molecule has 0 spiro atoms. The third-order valence-electron chi connectivity index (χ3n) is 4.55. The van der Waals surface area contributed by atoms with Crippen LogP contribution < -0.4 is 0 Å². The average molecular weight is 371 g/mol. The van der Waals surface area contributed by atoms with Gasteiger partial charge in [0.2, 0.25) is 5.78 Å². The first kappa shape index (κ1) is 18.2. The predicted octanol–water partition coefficient (Wildman–Crippen LogP) is 3.73. The number of hydrogen-bond donors (Lipinski definition) is 1. The van der Waals surface area contributed by atoms with Crippen molar-refractivity contribution in [2.45, 2.75) is 31.1 Å². The van der Waals surface area contributed by atoms with E-state index in [1.54, 1.807) is 24.3 Å². The SMILES string of the molecule is CN1C(C(=O)c2ccc(C(C)(C)C)cc2)=C(O)c2ccccc2S1(=O)=O. The fourth-order valence-corrected chi connectivity index (χ4v) is 4.34. The molecule has 0 saturated heterocycles. The second-order valence-electron chi connectivity index (χ2n) is 7.32. The van der Waals surface area contributed by atoms with Crippen LogP contribution in [0.1, 0.15) is 42.3 Å². The van der Waals surface area contributed by atoms with Crippen LogP contribution in [0, 0.1) is 0 Å². The summed E-state index contributed by atoms with van der Waals surface area (Å²) in [6.45, 7) is 6.20. The normalized spacial score (nSPS) is 16.4. The maximum atomic E-state index is 13.0. The highest BCUT2D eigenvalue weighted by atomic mass is 32.2. The number of benzene rings is 2. The molecule has 2 aromatic carbocycles. The van der Waals surface area contributed by atoms with Crippen molar-refractivity contribution in [2.24, 2.45) is 0 Å². The number of fused-ring (bicyclic) bond motifs is 1. The summed E-state index contributed by atoms with van der Waals surface area (Å²) in [5, 5.41) is 10.6. The minimum Gasteiger partial charge on any atom is -0.505 e. The molecule has 5 nitrogen and oxygen atoms in total. The molecule has 0 atom stereocenters. The highest BCUT2D eigenvalue weighted by Crippen LogP contribution is 2.35. The molecule has 0 fully saturated rings. The van der Waals surface area contributed by atoms with E-state index in [2.05, 4.69) is 20.8 Å². The minimum atomic E-state index is -3.89. The van der Waals surface area contributed by atoms with E-state index >= 15 is 0 Å². The number of Topliss-reactive ketones (excluding diaryl/α,β-unsaturated/α-hetero) is 1. The number of allylic oxidation sites excluding steroid dienone is 1. The molecule has 0 radical (unpaired) electrons. The Balaban J connectivity index is 2.12. The molecule has 0 aliphatic carbocycles. The summed E-state index contributed by atoms with van der Waals surface area (Å²) in [5.41, 5.74) is 1.21. The van der Waals surface area contributed by atoms with Crippen LogP contribution in [0.2, 0.25) is 0 Å². The van der Waals surface area contributed by atoms with Crippen LogP contribution in [0.25, 0.3) is 5.76 Å². The molecule has 1 aliphatic rings. The predicted molar refractivity (Wildman–Crippen MR) is 100 cm³/mol. The molecule has 2 aromatic rings. The monoisotopic (exact) mass is 371 g/mol. The largest absolute Gasteiger partial charge is 0.505 e. The summed E-state index contributed by atoms with van der Waals surface area (Å²) in [6.07, 6.45) is 0. The lowest BCUT2D eigenvalue weighted by Crippen LogP contribution is -2.35. The van der Waals surface area contributed by atoms with Crippen LogP contribution in [-0.4, -0.2) is 30.7 Å². The van der Waals surface area contributed by atoms with Gasteiger partial charge in [-0.3, -0.25) is 9.10 Å². The first-order chi connectivity index (χ1) is 12.0. The zero-order valence-corrected chi connectivity index (χ0v) is 16.0. The number of hydrogen-bond acceptors (Lipinski definition) is 4. The van der Waals surface area contributed by atoms with Gasteiger partial charge in [0.25, 0.3) is 10.0 Å². The fourth-order valence-electron chi connectivity index (χ4n) is 2.94. The number of carbonyl (C=O) groups excluding carboxylic acids is 1. The van der Waals surface area contributed by atoms with Gasteiger partial charge >= 0.3 is 0 Å². The third kappa shape index (κ3) is 2.80. The Morgan fingerprint density at radius 2 is 1.58 bits per heavy atom. The summed E-state index contributed by atoms with van der Waals surface area (Å²) in [5.74, 6) is -0.869. The van der Waals surface area contributed by atoms with Gasteiger partial charge in [-0.1, -0.05) is 57.2 Å². The zero-order chi connectivity index (χ0) is 19.3. The van der Waals surface area contributed by atoms with Crippen molar-refractivity contribution in [1.82, 2.24) is 4.31 Å². The number of ketones is 1. The summed E-state index contributed by atoms with van der Waals surface area (Å²) < 4.78 is 26.3. The smallest absolute Gasteiger partial charge is 0.265 e. The second-order valence-corrected chi connectivity index (χ2v) is 9.26. The first-order valence-electron chi connectivity index (χ1n) is 8.22. The molecule has 0 bridgehead atoms. The molecule has 136 valence electrons. The molecule has 0 saturated carbocycles. The van der Waals surface area contributed by atoms with Gasteiger partial charge in [0, 0.05) is 18.2 Å². The number of aliphatic hydroxyl groups is 1. The topological polar surface area (TPSA) is 74.7 Å². The van der Waals surface area contributed by atoms with Crippen molar-refractivity contribution in [3.63, 3.8) is 0 Å². The molecule has 3 rings (SSSR count). The molecule has 26 heavy (non-hydrogen) atoms. The Hall–Kier alpha value is -2.60. The van der Waals surface area contributed by atoms with Crippen LogP contribution in [-0.2, 0) is 15.4 Å². The van der Waals surface area contributed by atoms with Crippen LogP contribution in [0.4, 0.5) is 0 Å². The molecular formula is C20H21NO4S. The van der Waals surface area contributed by atoms with Gasteiger partial charge in [0.15, 0.2) is 5.76 Å². The van der Waals surface area contributed by atoms with Crippen molar-refractivity contribution >= 4 is 21.6 Å². The fraction of sp³-hybridized carbons (Fsp3) is 0.250. The van der Waals surface area contributed by atoms with E-state index in [1.807, 2.05) is 12.1 Å². The number of likely N-dealkylation sites (N-methyl/N-ethyl adjacent to an activating group) is 1. The third-order valence-corrected chi connectivity index (χ3v) is 6.36. The molecule has 1 N–H and O–H groups in total. The van der Waals surface area contributed by atoms with Gasteiger partial charge in [0.1, 0.15) is 5.70 Å². The highest BCUT2D eigenvalue weighted by molar-refractivity contribution is 7.89. The van der Waals surface area contributed by atoms with E-state index in [0.29, 0.717) is 5.56 Å². The maximum absolute atomic E-state index is 13.0. The quantitative estimate of drug-likeness (QED) is 0.816. The molecule has 6 heteroatoms. The molecule has 1 aliphatic heterocycles. The average Bonchev–Trinajstić information content (AvgIpc) is 2.60. The maximum Gasteiger partial charge on any atom is 0.265 e. The van der Waals surface area contributed by atoms with Gasteiger partial charge < -0.3 is 5.11 Å². The highest BCUT2D eigenvalue weighted by Gasteiger charge is 2.37. The van der Waals surface area contributed by atoms with Gasteiger partial charge in [-0.15, -0.1) is 0 Å². The van der Waals surface area contributed by atoms with Crippen LogP contribution in [0.15, 0.2) is 59.1 Å². The van der Waals surface area contributed by atoms with Gasteiger partial charge in [-0.25, -0.2) is 8.42 Å². The van der Waals surface area contributed by atoms with Gasteiger partial charge in [0.05, 0.1) is 4.90 Å². The van der Waals surface area contributed by atoms with Crippen molar-refractivity contribution in [3.05, 3.63) is 70.9 Å². The summed E-state index contributed by atoms with van der Waals surface area (Å²) >= 11 is 0. The van der Waals surface area contributed by atoms with Crippen LogP contribution in [0.3, 0.4) is 0 Å². The Kier molecular flexibility index (Phi) is 4.19. The van der Waals surface area contributed by atoms with E-state index in [9.17, 15) is 18.3 Å². The van der Waals surface area contributed by atoms with Crippen molar-refractivity contribution in [2.75, 3.05) is 7.05 Å². The van der Waals surface area contributed by atoms with E-state index in [1.165, 1.54) is 19.2 Å². The summed E-state index contributed by atoms with van der Waals surface area (Å²) in [7, 11) is -2.62. The molecule has 1 heterocycles. The van der Waals surface area contributed by atoms with Crippen molar-refractivity contribution < 1.29 is 18.3 Å². The first-order valence-corrected chi connectivity index (χ1v) is 9.66.